The third-order valence-electron chi connectivity index (χ3n) is 4.88. The number of hydrogen-bond acceptors (Lipinski definition) is 2. The normalized spacial score (nSPS) is 16.5. The minimum Gasteiger partial charge on any atom is -0.379 e. The van der Waals surface area contributed by atoms with Gasteiger partial charge in [0.15, 0.2) is 0 Å². The number of hydrogen-bond donors (Lipinski definition) is 1. The first-order valence-electron chi connectivity index (χ1n) is 8.58. The molecule has 0 bridgehead atoms. The molecule has 0 aliphatic heterocycles. The lowest BCUT2D eigenvalue weighted by atomic mass is 9.85. The molecule has 0 saturated carbocycles. The van der Waals surface area contributed by atoms with E-state index in [0.29, 0.717) is 5.92 Å². The van der Waals surface area contributed by atoms with Crippen molar-refractivity contribution < 1.29 is 9.53 Å². The Balaban J connectivity index is 3.84. The lowest BCUT2D eigenvalue weighted by molar-refractivity contribution is -0.123. The second kappa shape index (κ2) is 10.2. The van der Waals surface area contributed by atoms with Crippen LogP contribution in [0.25, 0.3) is 0 Å². The topological polar surface area (TPSA) is 52.3 Å². The fourth-order valence-electron chi connectivity index (χ4n) is 3.00. The molecular weight excluding hydrogens is 262 g/mol. The highest BCUT2D eigenvalue weighted by Gasteiger charge is 2.21. The summed E-state index contributed by atoms with van der Waals surface area (Å²) in [5, 5.41) is 0. The van der Waals surface area contributed by atoms with Crippen molar-refractivity contribution in [1.29, 1.82) is 0 Å². The standard InChI is InChI=1S/C18H37NO2/c1-7-16(17(19)20)15(3)12-8-10-14(2)11-9-13-18(4,5)21-6/h14-16H,7-13H2,1-6H3,(H2,19,20). The van der Waals surface area contributed by atoms with E-state index in [1.54, 1.807) is 7.11 Å². The highest BCUT2D eigenvalue weighted by Crippen LogP contribution is 2.25. The maximum Gasteiger partial charge on any atom is 0.220 e. The zero-order valence-electron chi connectivity index (χ0n) is 15.1. The van der Waals surface area contributed by atoms with Gasteiger partial charge in [-0.05, 0) is 44.9 Å². The van der Waals surface area contributed by atoms with Gasteiger partial charge in [-0.2, -0.15) is 0 Å². The Bertz CT molecular complexity index is 289. The molecule has 0 aliphatic rings. The number of rotatable bonds is 12. The molecule has 3 heteroatoms. The Morgan fingerprint density at radius 3 is 2.19 bits per heavy atom. The molecule has 2 N–H and O–H groups in total. The van der Waals surface area contributed by atoms with Gasteiger partial charge in [-0.25, -0.2) is 0 Å². The molecule has 0 aromatic heterocycles. The Morgan fingerprint density at radius 1 is 1.14 bits per heavy atom. The molecule has 0 radical (unpaired) electrons. The van der Waals surface area contributed by atoms with Crippen molar-refractivity contribution in [2.45, 2.75) is 85.2 Å². The second-order valence-electron chi connectivity index (χ2n) is 7.29. The van der Waals surface area contributed by atoms with E-state index in [1.165, 1.54) is 25.7 Å². The number of ether oxygens (including phenoxy) is 1. The second-order valence-corrected chi connectivity index (χ2v) is 7.29. The summed E-state index contributed by atoms with van der Waals surface area (Å²) in [6, 6.07) is 0. The van der Waals surface area contributed by atoms with Crippen molar-refractivity contribution in [3.63, 3.8) is 0 Å². The van der Waals surface area contributed by atoms with Gasteiger partial charge in [-0.3, -0.25) is 4.79 Å². The molecule has 126 valence electrons. The van der Waals surface area contributed by atoms with Crippen LogP contribution in [0.4, 0.5) is 0 Å². The number of carbonyl (C=O) groups is 1. The summed E-state index contributed by atoms with van der Waals surface area (Å²) in [5.41, 5.74) is 5.45. The number of methoxy groups -OCH3 is 1. The van der Waals surface area contributed by atoms with Crippen molar-refractivity contribution in [2.75, 3.05) is 7.11 Å². The fourth-order valence-corrected chi connectivity index (χ4v) is 3.00. The third kappa shape index (κ3) is 9.13. The van der Waals surface area contributed by atoms with Gasteiger partial charge in [0.2, 0.25) is 5.91 Å². The van der Waals surface area contributed by atoms with Crippen molar-refractivity contribution in [3.05, 3.63) is 0 Å². The molecule has 21 heavy (non-hydrogen) atoms. The average molecular weight is 299 g/mol. The Kier molecular flexibility index (Phi) is 9.93. The minimum atomic E-state index is -0.139. The SMILES string of the molecule is CCC(C(N)=O)C(C)CCCC(C)CCCC(C)(C)OC. The van der Waals surface area contributed by atoms with Crippen LogP contribution in [0.1, 0.15) is 79.6 Å². The quantitative estimate of drug-likeness (QED) is 0.575. The summed E-state index contributed by atoms with van der Waals surface area (Å²) in [4.78, 5) is 11.3. The van der Waals surface area contributed by atoms with Gasteiger partial charge >= 0.3 is 0 Å². The van der Waals surface area contributed by atoms with Gasteiger partial charge in [0.25, 0.3) is 0 Å². The van der Waals surface area contributed by atoms with Crippen molar-refractivity contribution in [2.24, 2.45) is 23.5 Å². The van der Waals surface area contributed by atoms with Gasteiger partial charge in [-0.15, -0.1) is 0 Å². The Morgan fingerprint density at radius 2 is 1.71 bits per heavy atom. The van der Waals surface area contributed by atoms with Crippen LogP contribution in [0, 0.1) is 17.8 Å². The maximum atomic E-state index is 11.3. The van der Waals surface area contributed by atoms with Crippen LogP contribution in [0.2, 0.25) is 0 Å². The molecule has 0 saturated heterocycles. The minimum absolute atomic E-state index is 0.00404. The van der Waals surface area contributed by atoms with Crippen LogP contribution in [0.5, 0.6) is 0 Å². The summed E-state index contributed by atoms with van der Waals surface area (Å²) in [5.74, 6) is 1.06. The zero-order valence-corrected chi connectivity index (χ0v) is 15.1. The van der Waals surface area contributed by atoms with Crippen LogP contribution in [0.3, 0.4) is 0 Å². The molecule has 3 atom stereocenters. The van der Waals surface area contributed by atoms with Crippen LogP contribution < -0.4 is 5.73 Å². The smallest absolute Gasteiger partial charge is 0.220 e. The molecule has 0 rings (SSSR count). The van der Waals surface area contributed by atoms with Crippen LogP contribution in [0.15, 0.2) is 0 Å². The molecule has 0 heterocycles. The summed E-state index contributed by atoms with van der Waals surface area (Å²) in [7, 11) is 1.79. The van der Waals surface area contributed by atoms with E-state index in [9.17, 15) is 4.79 Å². The van der Waals surface area contributed by atoms with Gasteiger partial charge in [0.05, 0.1) is 5.60 Å². The molecule has 0 spiro atoms. The molecular formula is C18H37NO2. The summed E-state index contributed by atoms with van der Waals surface area (Å²) in [6.45, 7) is 10.8. The summed E-state index contributed by atoms with van der Waals surface area (Å²) < 4.78 is 5.45. The predicted molar refractivity (Wildman–Crippen MR) is 90.1 cm³/mol. The molecule has 0 aliphatic carbocycles. The number of primary amides is 1. The molecule has 3 unspecified atom stereocenters. The van der Waals surface area contributed by atoms with Gasteiger partial charge in [0, 0.05) is 13.0 Å². The highest BCUT2D eigenvalue weighted by atomic mass is 16.5. The zero-order chi connectivity index (χ0) is 16.5. The lowest BCUT2D eigenvalue weighted by Gasteiger charge is -2.24. The Labute approximate surface area is 132 Å². The van der Waals surface area contributed by atoms with Crippen molar-refractivity contribution in [3.8, 4) is 0 Å². The molecule has 0 aromatic carbocycles. The highest BCUT2D eigenvalue weighted by molar-refractivity contribution is 5.76. The number of nitrogens with two attached hydrogens (primary N) is 1. The summed E-state index contributed by atoms with van der Waals surface area (Å²) >= 11 is 0. The first-order chi connectivity index (χ1) is 9.73. The predicted octanol–water partition coefficient (Wildman–Crippen LogP) is 4.54. The van der Waals surface area contributed by atoms with E-state index in [1.807, 2.05) is 6.92 Å². The summed E-state index contributed by atoms with van der Waals surface area (Å²) in [6.07, 6.45) is 7.99. The molecule has 3 nitrogen and oxygen atoms in total. The average Bonchev–Trinajstić information content (AvgIpc) is 2.38. The van der Waals surface area contributed by atoms with E-state index in [4.69, 9.17) is 10.5 Å². The van der Waals surface area contributed by atoms with E-state index < -0.39 is 0 Å². The van der Waals surface area contributed by atoms with Crippen LogP contribution in [-0.4, -0.2) is 18.6 Å². The first kappa shape index (κ1) is 20.4. The van der Waals surface area contributed by atoms with E-state index >= 15 is 0 Å². The Hall–Kier alpha value is -0.570. The van der Waals surface area contributed by atoms with Gasteiger partial charge in [0.1, 0.15) is 0 Å². The number of amides is 1. The molecule has 0 fully saturated rings. The van der Waals surface area contributed by atoms with Gasteiger partial charge in [-0.1, -0.05) is 46.5 Å². The van der Waals surface area contributed by atoms with Crippen molar-refractivity contribution >= 4 is 5.91 Å². The van der Waals surface area contributed by atoms with E-state index in [-0.39, 0.29) is 17.4 Å². The molecule has 0 aromatic rings. The fraction of sp³-hybridized carbons (Fsp3) is 0.944. The van der Waals surface area contributed by atoms with Crippen molar-refractivity contribution in [1.82, 2.24) is 0 Å². The largest absolute Gasteiger partial charge is 0.379 e. The third-order valence-corrected chi connectivity index (χ3v) is 4.88. The van der Waals surface area contributed by atoms with Crippen LogP contribution >= 0.6 is 0 Å². The number of carbonyl (C=O) groups excluding carboxylic acids is 1. The van der Waals surface area contributed by atoms with E-state index in [2.05, 4.69) is 27.7 Å². The van der Waals surface area contributed by atoms with Gasteiger partial charge < -0.3 is 10.5 Å². The monoisotopic (exact) mass is 299 g/mol. The lowest BCUT2D eigenvalue weighted by Crippen LogP contribution is -2.28. The maximum absolute atomic E-state index is 11.3. The van der Waals surface area contributed by atoms with Crippen LogP contribution in [-0.2, 0) is 9.53 Å². The van der Waals surface area contributed by atoms with E-state index in [0.717, 1.165) is 25.2 Å². The molecule has 1 amide bonds. The first-order valence-corrected chi connectivity index (χ1v) is 8.58.